The van der Waals surface area contributed by atoms with Gasteiger partial charge in [-0.25, -0.2) is 9.80 Å². The summed E-state index contributed by atoms with van der Waals surface area (Å²) in [6, 6.07) is 28.3. The first-order valence-corrected chi connectivity index (χ1v) is 13.9. The van der Waals surface area contributed by atoms with Gasteiger partial charge in [0, 0.05) is 46.7 Å². The number of hydrogen-bond donors (Lipinski definition) is 0. The number of pyridine rings is 2. The molecule has 0 aliphatic carbocycles. The molecule has 0 radical (unpaired) electrons. The van der Waals surface area contributed by atoms with Crippen molar-refractivity contribution in [2.45, 2.75) is 0 Å². The lowest BCUT2D eigenvalue weighted by Gasteiger charge is -2.34. The van der Waals surface area contributed by atoms with Crippen molar-refractivity contribution in [2.75, 3.05) is 9.80 Å². The van der Waals surface area contributed by atoms with Crippen LogP contribution in [0, 0.1) is 0 Å². The molecule has 4 aromatic carbocycles. The first-order valence-electron chi connectivity index (χ1n) is 13.9. The van der Waals surface area contributed by atoms with Crippen LogP contribution in [0.25, 0.3) is 33.0 Å². The molecule has 208 valence electrons. The number of imide groups is 2. The highest BCUT2D eigenvalue weighted by Gasteiger charge is 2.43. The van der Waals surface area contributed by atoms with Gasteiger partial charge in [0.15, 0.2) is 0 Å². The Labute approximate surface area is 250 Å². The number of hydrogen-bond acceptors (Lipinski definition) is 6. The average molecular weight is 573 g/mol. The average Bonchev–Trinajstić information content (AvgIpc) is 3.07. The van der Waals surface area contributed by atoms with Gasteiger partial charge in [0.2, 0.25) is 0 Å². The molecule has 44 heavy (non-hydrogen) atoms. The molecule has 6 aromatic rings. The van der Waals surface area contributed by atoms with Gasteiger partial charge >= 0.3 is 0 Å². The Morgan fingerprint density at radius 1 is 0.409 bits per heavy atom. The highest BCUT2D eigenvalue weighted by molar-refractivity contribution is 6.44. The van der Waals surface area contributed by atoms with Crippen molar-refractivity contribution < 1.29 is 19.2 Å². The second-order valence-corrected chi connectivity index (χ2v) is 10.5. The molecule has 8 heteroatoms. The van der Waals surface area contributed by atoms with Gasteiger partial charge in [-0.1, -0.05) is 60.7 Å². The smallest absolute Gasteiger partial charge is 0.266 e. The Morgan fingerprint density at radius 2 is 0.773 bits per heavy atom. The Hall–Kier alpha value is -6.28. The molecule has 0 N–H and O–H groups in total. The third-order valence-electron chi connectivity index (χ3n) is 8.12. The van der Waals surface area contributed by atoms with Gasteiger partial charge in [-0.05, 0) is 58.7 Å². The van der Waals surface area contributed by atoms with Crippen molar-refractivity contribution in [1.29, 1.82) is 0 Å². The third kappa shape index (κ3) is 3.58. The molecule has 0 bridgehead atoms. The van der Waals surface area contributed by atoms with Crippen molar-refractivity contribution in [1.82, 2.24) is 9.97 Å². The van der Waals surface area contributed by atoms with Crippen LogP contribution in [0.4, 0.5) is 11.4 Å². The molecule has 0 atom stereocenters. The van der Waals surface area contributed by atoms with Crippen LogP contribution < -0.4 is 9.80 Å². The molecule has 8 nitrogen and oxygen atoms in total. The second kappa shape index (κ2) is 9.64. The topological polar surface area (TPSA) is 101 Å². The largest absolute Gasteiger partial charge is 0.268 e. The second-order valence-electron chi connectivity index (χ2n) is 10.5. The minimum atomic E-state index is -0.551. The van der Waals surface area contributed by atoms with E-state index in [1.807, 2.05) is 60.7 Å². The van der Waals surface area contributed by atoms with E-state index >= 15 is 0 Å². The van der Waals surface area contributed by atoms with Gasteiger partial charge in [-0.15, -0.1) is 0 Å². The zero-order valence-corrected chi connectivity index (χ0v) is 23.0. The summed E-state index contributed by atoms with van der Waals surface area (Å²) >= 11 is 0. The Bertz CT molecular complexity index is 2030. The number of anilines is 2. The summed E-state index contributed by atoms with van der Waals surface area (Å²) in [6.07, 6.45) is 6.07. The maximum atomic E-state index is 14.4. The molecule has 8 rings (SSSR count). The van der Waals surface area contributed by atoms with Crippen LogP contribution in [0.2, 0.25) is 0 Å². The maximum absolute atomic E-state index is 14.4. The van der Waals surface area contributed by atoms with Crippen molar-refractivity contribution in [3.05, 3.63) is 144 Å². The van der Waals surface area contributed by atoms with E-state index in [-0.39, 0.29) is 22.3 Å². The van der Waals surface area contributed by atoms with Crippen molar-refractivity contribution in [3.63, 3.8) is 0 Å². The summed E-state index contributed by atoms with van der Waals surface area (Å²) in [5.41, 5.74) is 4.05. The van der Waals surface area contributed by atoms with Crippen LogP contribution in [0.15, 0.2) is 122 Å². The van der Waals surface area contributed by atoms with Crippen LogP contribution in [0.3, 0.4) is 0 Å². The molecule has 2 aliphatic rings. The van der Waals surface area contributed by atoms with Gasteiger partial charge in [0.1, 0.15) is 0 Å². The summed E-state index contributed by atoms with van der Waals surface area (Å²) in [5.74, 6) is -2.20. The van der Waals surface area contributed by atoms with E-state index < -0.39 is 23.6 Å². The number of rotatable bonds is 4. The molecule has 2 aliphatic heterocycles. The van der Waals surface area contributed by atoms with Crippen molar-refractivity contribution >= 4 is 45.8 Å². The van der Waals surface area contributed by atoms with E-state index in [0.29, 0.717) is 44.4 Å². The molecule has 0 saturated carbocycles. The first kappa shape index (κ1) is 25.4. The standard InChI is InChI=1S/C36H20N4O4/c41-33-27-19-25(21-7-3-1-4-8-21)31-29-28(34(42)39(35(31)43)23-11-15-37-16-12-23)20-26(22-9-5-2-6-10-22)32(30(27)29)36(44)40(33)24-13-17-38-18-14-24/h1-20H. The monoisotopic (exact) mass is 572 g/mol. The van der Waals surface area contributed by atoms with Crippen LogP contribution in [-0.4, -0.2) is 33.6 Å². The third-order valence-corrected chi connectivity index (χ3v) is 8.12. The van der Waals surface area contributed by atoms with E-state index in [1.165, 1.54) is 24.8 Å². The van der Waals surface area contributed by atoms with Gasteiger partial charge in [0.25, 0.3) is 23.6 Å². The molecule has 4 heterocycles. The summed E-state index contributed by atoms with van der Waals surface area (Å²) in [4.78, 5) is 67.9. The summed E-state index contributed by atoms with van der Waals surface area (Å²) in [6.45, 7) is 0. The van der Waals surface area contributed by atoms with Gasteiger partial charge in [-0.2, -0.15) is 0 Å². The molecule has 2 aromatic heterocycles. The quantitative estimate of drug-likeness (QED) is 0.222. The lowest BCUT2D eigenvalue weighted by molar-refractivity contribution is 0.0873. The van der Waals surface area contributed by atoms with Crippen molar-refractivity contribution in [2.24, 2.45) is 0 Å². The number of nitrogens with zero attached hydrogens (tertiary/aromatic N) is 4. The molecule has 4 amide bonds. The Morgan fingerprint density at radius 3 is 1.14 bits per heavy atom. The van der Waals surface area contributed by atoms with E-state index in [0.717, 1.165) is 9.80 Å². The normalized spacial score (nSPS) is 14.0. The highest BCUT2D eigenvalue weighted by Crippen LogP contribution is 2.47. The zero-order chi connectivity index (χ0) is 29.9. The van der Waals surface area contributed by atoms with E-state index in [4.69, 9.17) is 0 Å². The fourth-order valence-corrected chi connectivity index (χ4v) is 6.21. The molecular weight excluding hydrogens is 552 g/mol. The number of carbonyl (C=O) groups excluding carboxylic acids is 4. The minimum absolute atomic E-state index is 0.228. The lowest BCUT2D eigenvalue weighted by Crippen LogP contribution is -2.44. The summed E-state index contributed by atoms with van der Waals surface area (Å²) in [5, 5.41) is 0.597. The fraction of sp³-hybridized carbons (Fsp3) is 0. The zero-order valence-electron chi connectivity index (χ0n) is 23.0. The van der Waals surface area contributed by atoms with Crippen LogP contribution >= 0.6 is 0 Å². The summed E-state index contributed by atoms with van der Waals surface area (Å²) in [7, 11) is 0. The predicted octanol–water partition coefficient (Wildman–Crippen LogP) is 6.57. The number of amides is 4. The van der Waals surface area contributed by atoms with Crippen molar-refractivity contribution in [3.8, 4) is 22.3 Å². The van der Waals surface area contributed by atoms with Gasteiger partial charge in [0.05, 0.1) is 22.5 Å². The number of carbonyl (C=O) groups is 4. The first-order chi connectivity index (χ1) is 21.5. The summed E-state index contributed by atoms with van der Waals surface area (Å²) < 4.78 is 0. The number of benzene rings is 4. The maximum Gasteiger partial charge on any atom is 0.266 e. The molecule has 0 unspecified atom stereocenters. The molecule has 0 saturated heterocycles. The van der Waals surface area contributed by atoms with Gasteiger partial charge < -0.3 is 0 Å². The predicted molar refractivity (Wildman–Crippen MR) is 166 cm³/mol. The fourth-order valence-electron chi connectivity index (χ4n) is 6.21. The van der Waals surface area contributed by atoms with E-state index in [1.54, 1.807) is 36.4 Å². The Kier molecular flexibility index (Phi) is 5.57. The molecule has 0 spiro atoms. The molecule has 0 fully saturated rings. The van der Waals surface area contributed by atoms with E-state index in [2.05, 4.69) is 9.97 Å². The lowest BCUT2D eigenvalue weighted by atomic mass is 9.79. The highest BCUT2D eigenvalue weighted by atomic mass is 16.2. The van der Waals surface area contributed by atoms with Crippen LogP contribution in [0.5, 0.6) is 0 Å². The molecular formula is C36H20N4O4. The van der Waals surface area contributed by atoms with Gasteiger partial charge in [-0.3, -0.25) is 29.1 Å². The minimum Gasteiger partial charge on any atom is -0.268 e. The van der Waals surface area contributed by atoms with E-state index in [9.17, 15) is 19.2 Å². The van der Waals surface area contributed by atoms with Crippen LogP contribution in [0.1, 0.15) is 41.4 Å². The SMILES string of the molecule is O=C1c2cc(-c3ccccc3)c3c4c(cc(-c5ccccc5)c(c24)C(=O)N1c1ccncc1)C(=O)N(c1ccncc1)C3=O. The number of aromatic nitrogens is 2. The Balaban J connectivity index is 1.54. The van der Waals surface area contributed by atoms with Crippen LogP contribution in [-0.2, 0) is 0 Å².